The molecule has 1 aromatic rings. The van der Waals surface area contributed by atoms with Crippen LogP contribution in [0.1, 0.15) is 19.3 Å². The van der Waals surface area contributed by atoms with Gasteiger partial charge in [0.05, 0.1) is 10.6 Å². The van der Waals surface area contributed by atoms with E-state index in [9.17, 15) is 10.1 Å². The first kappa shape index (κ1) is 14.1. The molecule has 2 N–H and O–H groups in total. The Morgan fingerprint density at radius 2 is 2.05 bits per heavy atom. The van der Waals surface area contributed by atoms with Crippen LogP contribution in [0.25, 0.3) is 0 Å². The van der Waals surface area contributed by atoms with E-state index in [0.717, 1.165) is 0 Å². The van der Waals surface area contributed by atoms with Gasteiger partial charge in [-0.1, -0.05) is 0 Å². The van der Waals surface area contributed by atoms with Gasteiger partial charge >= 0.3 is 0 Å². The number of nitrogens with zero attached hydrogens (tertiary/aromatic N) is 2. The van der Waals surface area contributed by atoms with Gasteiger partial charge in [-0.05, 0) is 51.3 Å². The summed E-state index contributed by atoms with van der Waals surface area (Å²) in [6.07, 6.45) is 3.80. The molecule has 0 saturated heterocycles. The van der Waals surface area contributed by atoms with Crippen molar-refractivity contribution in [1.82, 2.24) is 4.90 Å². The van der Waals surface area contributed by atoms with Crippen molar-refractivity contribution in [3.63, 3.8) is 0 Å². The minimum Gasteiger partial charge on any atom is -0.486 e. The molecular formula is C15H21N3O3. The van der Waals surface area contributed by atoms with Crippen LogP contribution < -0.4 is 10.5 Å². The van der Waals surface area contributed by atoms with Crippen molar-refractivity contribution in [2.24, 2.45) is 11.8 Å². The van der Waals surface area contributed by atoms with Crippen LogP contribution in [-0.4, -0.2) is 36.1 Å². The minimum absolute atomic E-state index is 0.00282. The Morgan fingerprint density at radius 1 is 1.33 bits per heavy atom. The Bertz CT molecular complexity index is 561. The van der Waals surface area contributed by atoms with Crippen molar-refractivity contribution in [2.45, 2.75) is 31.4 Å². The number of rotatable bonds is 4. The maximum absolute atomic E-state index is 10.8. The fraction of sp³-hybridized carbons (Fsp3) is 0.600. The highest BCUT2D eigenvalue weighted by molar-refractivity contribution is 5.58. The second kappa shape index (κ2) is 5.18. The van der Waals surface area contributed by atoms with Crippen LogP contribution in [0.4, 0.5) is 11.4 Å². The van der Waals surface area contributed by atoms with E-state index >= 15 is 0 Å². The highest BCUT2D eigenvalue weighted by atomic mass is 16.6. The molecule has 2 aliphatic rings. The lowest BCUT2D eigenvalue weighted by Gasteiger charge is -2.35. The Labute approximate surface area is 124 Å². The maximum Gasteiger partial charge on any atom is 0.271 e. The Balaban J connectivity index is 1.81. The van der Waals surface area contributed by atoms with E-state index in [1.54, 1.807) is 6.07 Å². The first-order valence-corrected chi connectivity index (χ1v) is 7.34. The molecule has 0 aromatic heterocycles. The van der Waals surface area contributed by atoms with Crippen LogP contribution >= 0.6 is 0 Å². The van der Waals surface area contributed by atoms with E-state index < -0.39 is 4.92 Å². The topological polar surface area (TPSA) is 81.6 Å². The van der Waals surface area contributed by atoms with Crippen LogP contribution in [0.5, 0.6) is 5.75 Å². The normalized spacial score (nSPS) is 30.8. The summed E-state index contributed by atoms with van der Waals surface area (Å²) < 4.78 is 6.16. The first-order valence-electron chi connectivity index (χ1n) is 7.34. The predicted molar refractivity (Wildman–Crippen MR) is 80.2 cm³/mol. The summed E-state index contributed by atoms with van der Waals surface area (Å²) in [5.74, 6) is 1.82. The van der Waals surface area contributed by atoms with Gasteiger partial charge in [-0.2, -0.15) is 0 Å². The lowest BCUT2D eigenvalue weighted by Crippen LogP contribution is -2.46. The van der Waals surface area contributed by atoms with Gasteiger partial charge in [-0.3, -0.25) is 10.1 Å². The largest absolute Gasteiger partial charge is 0.486 e. The average molecular weight is 291 g/mol. The molecule has 2 bridgehead atoms. The van der Waals surface area contributed by atoms with Gasteiger partial charge in [0.1, 0.15) is 11.9 Å². The van der Waals surface area contributed by atoms with Crippen LogP contribution in [0.15, 0.2) is 18.2 Å². The van der Waals surface area contributed by atoms with Gasteiger partial charge < -0.3 is 15.4 Å². The van der Waals surface area contributed by atoms with Crippen LogP contribution in [0.3, 0.4) is 0 Å². The number of fused-ring (bicyclic) bond motifs is 2. The average Bonchev–Trinajstić information content (AvgIpc) is 3.01. The molecule has 4 atom stereocenters. The van der Waals surface area contributed by atoms with Gasteiger partial charge in [0.15, 0.2) is 0 Å². The molecule has 0 heterocycles. The molecule has 21 heavy (non-hydrogen) atoms. The molecule has 6 nitrogen and oxygen atoms in total. The Morgan fingerprint density at radius 3 is 2.67 bits per heavy atom. The maximum atomic E-state index is 10.8. The summed E-state index contributed by atoms with van der Waals surface area (Å²) in [5.41, 5.74) is 6.25. The standard InChI is InChI=1S/C15H21N3O3/c1-17(2)14-9-3-4-10(7-9)15(14)21-13-6-5-11(18(19)20)8-12(13)16/h5-6,8-10,14-15H,3-4,7,16H2,1-2H3. The van der Waals surface area contributed by atoms with Crippen molar-refractivity contribution in [3.8, 4) is 5.75 Å². The zero-order valence-electron chi connectivity index (χ0n) is 12.4. The predicted octanol–water partition coefficient (Wildman–Crippen LogP) is 2.28. The van der Waals surface area contributed by atoms with E-state index in [4.69, 9.17) is 10.5 Å². The molecule has 2 fully saturated rings. The van der Waals surface area contributed by atoms with Crippen LogP contribution in [0, 0.1) is 22.0 Å². The summed E-state index contributed by atoms with van der Waals surface area (Å²) in [6, 6.07) is 4.83. The second-order valence-corrected chi connectivity index (χ2v) is 6.35. The fourth-order valence-electron chi connectivity index (χ4n) is 3.99. The van der Waals surface area contributed by atoms with Crippen molar-refractivity contribution < 1.29 is 9.66 Å². The fourth-order valence-corrected chi connectivity index (χ4v) is 3.99. The first-order chi connectivity index (χ1) is 9.97. The van der Waals surface area contributed by atoms with E-state index in [1.165, 1.54) is 31.4 Å². The smallest absolute Gasteiger partial charge is 0.271 e. The number of ether oxygens (including phenoxy) is 1. The highest BCUT2D eigenvalue weighted by Crippen LogP contribution is 2.48. The number of benzene rings is 1. The minimum atomic E-state index is -0.444. The molecule has 0 radical (unpaired) electrons. The molecule has 2 aliphatic carbocycles. The van der Waals surface area contributed by atoms with Gasteiger partial charge in [0, 0.05) is 18.2 Å². The molecule has 1 aromatic carbocycles. The van der Waals surface area contributed by atoms with Crippen LogP contribution in [0.2, 0.25) is 0 Å². The number of nitro benzene ring substituents is 1. The summed E-state index contributed by atoms with van der Waals surface area (Å²) in [4.78, 5) is 12.5. The Hall–Kier alpha value is -1.82. The molecule has 3 rings (SSSR count). The Kier molecular flexibility index (Phi) is 3.49. The third-order valence-corrected chi connectivity index (χ3v) is 4.86. The molecule has 0 amide bonds. The highest BCUT2D eigenvalue weighted by Gasteiger charge is 2.50. The van der Waals surface area contributed by atoms with Crippen molar-refractivity contribution in [3.05, 3.63) is 28.3 Å². The quantitative estimate of drug-likeness (QED) is 0.523. The van der Waals surface area contributed by atoms with E-state index in [2.05, 4.69) is 19.0 Å². The third-order valence-electron chi connectivity index (χ3n) is 4.86. The number of hydrogen-bond donors (Lipinski definition) is 1. The number of nitrogens with two attached hydrogens (primary N) is 1. The number of nitro groups is 1. The molecule has 4 unspecified atom stereocenters. The van der Waals surface area contributed by atoms with Crippen molar-refractivity contribution >= 4 is 11.4 Å². The molecular weight excluding hydrogens is 270 g/mol. The summed E-state index contributed by atoms with van der Waals surface area (Å²) in [7, 11) is 4.17. The second-order valence-electron chi connectivity index (χ2n) is 6.35. The molecule has 2 saturated carbocycles. The number of likely N-dealkylation sites (N-methyl/N-ethyl adjacent to an activating group) is 1. The number of hydrogen-bond acceptors (Lipinski definition) is 5. The summed E-state index contributed by atoms with van der Waals surface area (Å²) >= 11 is 0. The van der Waals surface area contributed by atoms with Crippen molar-refractivity contribution in [2.75, 3.05) is 19.8 Å². The monoisotopic (exact) mass is 291 g/mol. The molecule has 114 valence electrons. The van der Waals surface area contributed by atoms with E-state index in [1.807, 2.05) is 0 Å². The zero-order chi connectivity index (χ0) is 15.1. The molecule has 6 heteroatoms. The van der Waals surface area contributed by atoms with Crippen molar-refractivity contribution in [1.29, 1.82) is 0 Å². The number of non-ortho nitro benzene ring substituents is 1. The zero-order valence-corrected chi connectivity index (χ0v) is 12.4. The van der Waals surface area contributed by atoms with Gasteiger partial charge in [0.2, 0.25) is 0 Å². The summed E-state index contributed by atoms with van der Waals surface area (Å²) in [6.45, 7) is 0. The number of nitrogen functional groups attached to an aromatic ring is 1. The molecule has 0 aliphatic heterocycles. The lowest BCUT2D eigenvalue weighted by molar-refractivity contribution is -0.384. The van der Waals surface area contributed by atoms with Crippen LogP contribution in [-0.2, 0) is 0 Å². The number of anilines is 1. The van der Waals surface area contributed by atoms with E-state index in [0.29, 0.717) is 29.3 Å². The van der Waals surface area contributed by atoms with Gasteiger partial charge in [-0.15, -0.1) is 0 Å². The van der Waals surface area contributed by atoms with Gasteiger partial charge in [0.25, 0.3) is 5.69 Å². The third kappa shape index (κ3) is 2.44. The SMILES string of the molecule is CN(C)C1C2CCC(C2)C1Oc1ccc([N+](=O)[O-])cc1N. The summed E-state index contributed by atoms with van der Waals surface area (Å²) in [5, 5.41) is 10.8. The molecule has 0 spiro atoms. The van der Waals surface area contributed by atoms with Gasteiger partial charge in [-0.25, -0.2) is 0 Å². The van der Waals surface area contributed by atoms with E-state index in [-0.39, 0.29) is 11.8 Å². The lowest BCUT2D eigenvalue weighted by atomic mass is 9.91.